The summed E-state index contributed by atoms with van der Waals surface area (Å²) in [5.41, 5.74) is -0.121. The molecule has 1 rings (SSSR count). The van der Waals surface area contributed by atoms with E-state index < -0.39 is 11.7 Å². The molecule has 0 radical (unpaired) electrons. The molecule has 0 bridgehead atoms. The molecule has 6 heteroatoms. The van der Waals surface area contributed by atoms with Crippen LogP contribution in [0.3, 0.4) is 0 Å². The lowest BCUT2D eigenvalue weighted by molar-refractivity contribution is 0.0636. The number of nitrogens with one attached hydrogen (secondary N) is 1. The zero-order valence-corrected chi connectivity index (χ0v) is 12.1. The number of methoxy groups -OCH3 is 1. The van der Waals surface area contributed by atoms with Gasteiger partial charge in [0.2, 0.25) is 0 Å². The van der Waals surface area contributed by atoms with E-state index in [4.69, 9.17) is 32.7 Å². The van der Waals surface area contributed by atoms with Crippen LogP contribution in [0, 0.1) is 0 Å². The summed E-state index contributed by atoms with van der Waals surface area (Å²) in [6, 6.07) is 3.08. The number of ether oxygens (including phenoxy) is 2. The number of carbonyl (C=O) groups is 1. The highest BCUT2D eigenvalue weighted by Crippen LogP contribution is 2.35. The van der Waals surface area contributed by atoms with Gasteiger partial charge in [-0.3, -0.25) is 5.32 Å². The molecule has 0 saturated carbocycles. The Kier molecular flexibility index (Phi) is 4.71. The molecule has 0 aliphatic heterocycles. The predicted molar refractivity (Wildman–Crippen MR) is 72.9 cm³/mol. The Labute approximate surface area is 116 Å². The van der Waals surface area contributed by atoms with Gasteiger partial charge in [-0.1, -0.05) is 23.2 Å². The van der Waals surface area contributed by atoms with Crippen LogP contribution >= 0.6 is 23.2 Å². The highest BCUT2D eigenvalue weighted by molar-refractivity contribution is 6.37. The van der Waals surface area contributed by atoms with Gasteiger partial charge in [-0.25, -0.2) is 4.79 Å². The van der Waals surface area contributed by atoms with Gasteiger partial charge in [0.15, 0.2) is 5.75 Å². The zero-order chi connectivity index (χ0) is 13.9. The lowest BCUT2D eigenvalue weighted by Gasteiger charge is -2.20. The van der Waals surface area contributed by atoms with E-state index in [0.717, 1.165) is 0 Å². The quantitative estimate of drug-likeness (QED) is 0.881. The molecular formula is C12H15Cl2NO3. The average Bonchev–Trinajstić information content (AvgIpc) is 2.13. The molecule has 0 aliphatic rings. The molecule has 0 heterocycles. The second-order valence-electron chi connectivity index (χ2n) is 4.60. The van der Waals surface area contributed by atoms with Crippen LogP contribution in [0.4, 0.5) is 10.5 Å². The van der Waals surface area contributed by atoms with Gasteiger partial charge < -0.3 is 9.47 Å². The van der Waals surface area contributed by atoms with Crippen molar-refractivity contribution in [1.29, 1.82) is 0 Å². The first kappa shape index (κ1) is 14.9. The van der Waals surface area contributed by atoms with Crippen molar-refractivity contribution in [3.05, 3.63) is 22.2 Å². The van der Waals surface area contributed by atoms with E-state index in [1.54, 1.807) is 20.8 Å². The van der Waals surface area contributed by atoms with Gasteiger partial charge >= 0.3 is 6.09 Å². The van der Waals surface area contributed by atoms with Crippen molar-refractivity contribution in [2.24, 2.45) is 0 Å². The second-order valence-corrected chi connectivity index (χ2v) is 5.41. The summed E-state index contributed by atoms with van der Waals surface area (Å²) >= 11 is 11.9. The topological polar surface area (TPSA) is 47.6 Å². The van der Waals surface area contributed by atoms with Crippen molar-refractivity contribution in [3.8, 4) is 5.75 Å². The average molecular weight is 292 g/mol. The van der Waals surface area contributed by atoms with Crippen LogP contribution in [0.15, 0.2) is 12.1 Å². The maximum absolute atomic E-state index is 11.6. The number of anilines is 1. The lowest BCUT2D eigenvalue weighted by atomic mass is 10.2. The highest BCUT2D eigenvalue weighted by Gasteiger charge is 2.17. The molecule has 1 amide bonds. The van der Waals surface area contributed by atoms with Crippen LogP contribution in [-0.2, 0) is 4.74 Å². The predicted octanol–water partition coefficient (Wildman–Crippen LogP) is 4.35. The van der Waals surface area contributed by atoms with Crippen LogP contribution < -0.4 is 10.1 Å². The fraction of sp³-hybridized carbons (Fsp3) is 0.417. The molecule has 0 spiro atoms. The number of carbonyl (C=O) groups excluding carboxylic acids is 1. The maximum atomic E-state index is 11.6. The SMILES string of the molecule is COc1c(Cl)cc(NC(=O)OC(C)(C)C)cc1Cl. The maximum Gasteiger partial charge on any atom is 0.412 e. The third-order valence-electron chi connectivity index (χ3n) is 1.85. The fourth-order valence-corrected chi connectivity index (χ4v) is 1.89. The van der Waals surface area contributed by atoms with Gasteiger partial charge in [-0.2, -0.15) is 0 Å². The van der Waals surface area contributed by atoms with E-state index in [1.165, 1.54) is 19.2 Å². The van der Waals surface area contributed by atoms with Gasteiger partial charge in [0.1, 0.15) is 5.60 Å². The molecule has 0 fully saturated rings. The summed E-state index contributed by atoms with van der Waals surface area (Å²) < 4.78 is 10.1. The second kappa shape index (κ2) is 5.67. The van der Waals surface area contributed by atoms with E-state index in [0.29, 0.717) is 21.5 Å². The normalized spacial score (nSPS) is 11.0. The molecule has 1 aromatic rings. The van der Waals surface area contributed by atoms with E-state index in [-0.39, 0.29) is 0 Å². The standard InChI is InChI=1S/C12H15Cl2NO3/c1-12(2,3)18-11(16)15-7-5-8(13)10(17-4)9(14)6-7/h5-6H,1-4H3,(H,15,16). The molecule has 0 aliphatic carbocycles. The summed E-state index contributed by atoms with van der Waals surface area (Å²) in [5, 5.41) is 3.18. The Bertz CT molecular complexity index is 432. The molecule has 18 heavy (non-hydrogen) atoms. The Balaban J connectivity index is 2.83. The largest absolute Gasteiger partial charge is 0.494 e. The van der Waals surface area contributed by atoms with Crippen molar-refractivity contribution in [1.82, 2.24) is 0 Å². The van der Waals surface area contributed by atoms with E-state index in [9.17, 15) is 4.79 Å². The zero-order valence-electron chi connectivity index (χ0n) is 10.6. The van der Waals surface area contributed by atoms with E-state index in [1.807, 2.05) is 0 Å². The molecule has 1 aromatic carbocycles. The number of amides is 1. The summed E-state index contributed by atoms with van der Waals surface area (Å²) in [6.07, 6.45) is -0.570. The molecule has 0 unspecified atom stereocenters. The Morgan fingerprint density at radius 1 is 1.22 bits per heavy atom. The first-order chi connectivity index (χ1) is 8.23. The van der Waals surface area contributed by atoms with Crippen molar-refractivity contribution in [2.75, 3.05) is 12.4 Å². The molecule has 0 aromatic heterocycles. The van der Waals surface area contributed by atoms with Gasteiger partial charge in [0, 0.05) is 5.69 Å². The Hall–Kier alpha value is -1.13. The summed E-state index contributed by atoms with van der Waals surface area (Å²) in [4.78, 5) is 11.6. The molecular weight excluding hydrogens is 277 g/mol. The minimum absolute atomic E-state index is 0.316. The molecule has 0 atom stereocenters. The number of hydrogen-bond acceptors (Lipinski definition) is 3. The smallest absolute Gasteiger partial charge is 0.412 e. The summed E-state index contributed by atoms with van der Waals surface area (Å²) in [7, 11) is 1.47. The molecule has 0 saturated heterocycles. The molecule has 1 N–H and O–H groups in total. The lowest BCUT2D eigenvalue weighted by Crippen LogP contribution is -2.27. The minimum atomic E-state index is -0.570. The van der Waals surface area contributed by atoms with Crippen molar-refractivity contribution >= 4 is 35.0 Å². The first-order valence-corrected chi connectivity index (χ1v) is 6.01. The third kappa shape index (κ3) is 4.27. The third-order valence-corrected chi connectivity index (χ3v) is 2.41. The minimum Gasteiger partial charge on any atom is -0.494 e. The first-order valence-electron chi connectivity index (χ1n) is 5.26. The van der Waals surface area contributed by atoms with Crippen LogP contribution in [0.5, 0.6) is 5.75 Å². The van der Waals surface area contributed by atoms with Crippen LogP contribution in [0.25, 0.3) is 0 Å². The van der Waals surface area contributed by atoms with Crippen molar-refractivity contribution in [2.45, 2.75) is 26.4 Å². The van der Waals surface area contributed by atoms with Crippen LogP contribution in [-0.4, -0.2) is 18.8 Å². The van der Waals surface area contributed by atoms with Gasteiger partial charge in [0.25, 0.3) is 0 Å². The Morgan fingerprint density at radius 3 is 2.11 bits per heavy atom. The number of benzene rings is 1. The van der Waals surface area contributed by atoms with E-state index in [2.05, 4.69) is 5.32 Å². The number of hydrogen-bond donors (Lipinski definition) is 1. The number of halogens is 2. The van der Waals surface area contributed by atoms with E-state index >= 15 is 0 Å². The van der Waals surface area contributed by atoms with Crippen molar-refractivity contribution < 1.29 is 14.3 Å². The van der Waals surface area contributed by atoms with Crippen molar-refractivity contribution in [3.63, 3.8) is 0 Å². The van der Waals surface area contributed by atoms with Gasteiger partial charge in [0.05, 0.1) is 17.2 Å². The van der Waals surface area contributed by atoms with Gasteiger partial charge in [-0.05, 0) is 32.9 Å². The summed E-state index contributed by atoms with van der Waals surface area (Å²) in [6.45, 7) is 5.33. The number of rotatable bonds is 2. The summed E-state index contributed by atoms with van der Waals surface area (Å²) in [5.74, 6) is 0.369. The Morgan fingerprint density at radius 2 is 1.72 bits per heavy atom. The molecule has 4 nitrogen and oxygen atoms in total. The van der Waals surface area contributed by atoms with Gasteiger partial charge in [-0.15, -0.1) is 0 Å². The highest BCUT2D eigenvalue weighted by atomic mass is 35.5. The monoisotopic (exact) mass is 291 g/mol. The van der Waals surface area contributed by atoms with Crippen LogP contribution in [0.1, 0.15) is 20.8 Å². The molecule has 100 valence electrons. The van der Waals surface area contributed by atoms with Crippen LogP contribution in [0.2, 0.25) is 10.0 Å². The fourth-order valence-electron chi connectivity index (χ4n) is 1.25.